The summed E-state index contributed by atoms with van der Waals surface area (Å²) in [5.74, 6) is -0.256. The smallest absolute Gasteiger partial charge is 0.308 e. The quantitative estimate of drug-likeness (QED) is 0.226. The maximum atomic E-state index is 12.0. The highest BCUT2D eigenvalue weighted by Crippen LogP contribution is 2.28. The normalized spacial score (nSPS) is 24.8. The molecule has 27 heavy (non-hydrogen) atoms. The van der Waals surface area contributed by atoms with Gasteiger partial charge in [0.2, 0.25) is 5.91 Å². The number of hydrogen-bond acceptors (Lipinski definition) is 8. The number of aliphatic hydroxyl groups is 3. The number of carbonyl (C=O) groups is 2. The minimum atomic E-state index is -1.09. The van der Waals surface area contributed by atoms with E-state index in [1.54, 1.807) is 18.2 Å². The van der Waals surface area contributed by atoms with Crippen molar-refractivity contribution in [3.63, 3.8) is 0 Å². The van der Waals surface area contributed by atoms with Crippen LogP contribution in [-0.4, -0.2) is 71.7 Å². The molecule has 0 saturated carbocycles. The lowest BCUT2D eigenvalue weighted by Gasteiger charge is -2.15. The number of hydrogen-bond donors (Lipinski definition) is 5. The van der Waals surface area contributed by atoms with Crippen molar-refractivity contribution < 1.29 is 34.4 Å². The SMILES string of the molecule is COc1ccc(/C=C/C(=O)NC[C@H]2N[C@H](CO)[C@@H](O)[C@@H]2O)cc1OC(C)=O. The van der Waals surface area contributed by atoms with Gasteiger partial charge < -0.3 is 35.4 Å². The molecule has 1 aromatic rings. The van der Waals surface area contributed by atoms with Crippen LogP contribution in [-0.2, 0) is 9.59 Å². The second kappa shape index (κ2) is 9.47. The van der Waals surface area contributed by atoms with Crippen LogP contribution in [0.3, 0.4) is 0 Å². The molecule has 4 atom stereocenters. The summed E-state index contributed by atoms with van der Waals surface area (Å²) in [6.45, 7) is 1.04. The van der Waals surface area contributed by atoms with Crippen molar-refractivity contribution in [2.45, 2.75) is 31.2 Å². The summed E-state index contributed by atoms with van der Waals surface area (Å²) in [6.07, 6.45) is 0.650. The van der Waals surface area contributed by atoms with Gasteiger partial charge in [0.1, 0.15) is 0 Å². The van der Waals surface area contributed by atoms with E-state index in [2.05, 4.69) is 10.6 Å². The Morgan fingerprint density at radius 3 is 2.52 bits per heavy atom. The zero-order chi connectivity index (χ0) is 20.0. The average Bonchev–Trinajstić information content (AvgIpc) is 2.92. The van der Waals surface area contributed by atoms with E-state index in [0.717, 1.165) is 0 Å². The van der Waals surface area contributed by atoms with Gasteiger partial charge in [0.05, 0.1) is 38.0 Å². The summed E-state index contributed by atoms with van der Waals surface area (Å²) in [5.41, 5.74) is 0.622. The number of rotatable bonds is 7. The van der Waals surface area contributed by atoms with Gasteiger partial charge in [0, 0.05) is 19.5 Å². The minimum absolute atomic E-state index is 0.0825. The molecule has 1 aromatic carbocycles. The van der Waals surface area contributed by atoms with Crippen molar-refractivity contribution >= 4 is 18.0 Å². The minimum Gasteiger partial charge on any atom is -0.493 e. The lowest BCUT2D eigenvalue weighted by atomic mass is 10.1. The largest absolute Gasteiger partial charge is 0.493 e. The first-order valence-electron chi connectivity index (χ1n) is 8.41. The van der Waals surface area contributed by atoms with Crippen LogP contribution >= 0.6 is 0 Å². The van der Waals surface area contributed by atoms with Crippen molar-refractivity contribution in [1.29, 1.82) is 0 Å². The van der Waals surface area contributed by atoms with Gasteiger partial charge in [-0.15, -0.1) is 0 Å². The Bertz CT molecular complexity index is 707. The van der Waals surface area contributed by atoms with Crippen LogP contribution in [0.15, 0.2) is 24.3 Å². The molecule has 2 rings (SSSR count). The fraction of sp³-hybridized carbons (Fsp3) is 0.444. The van der Waals surface area contributed by atoms with Gasteiger partial charge in [0.25, 0.3) is 0 Å². The Morgan fingerprint density at radius 1 is 1.22 bits per heavy atom. The van der Waals surface area contributed by atoms with Crippen LogP contribution in [0.25, 0.3) is 6.08 Å². The molecule has 0 spiro atoms. The van der Waals surface area contributed by atoms with Gasteiger partial charge >= 0.3 is 5.97 Å². The van der Waals surface area contributed by atoms with Gasteiger partial charge in [0.15, 0.2) is 11.5 Å². The Labute approximate surface area is 156 Å². The Kier molecular flexibility index (Phi) is 7.31. The number of benzene rings is 1. The van der Waals surface area contributed by atoms with Crippen LogP contribution in [0.5, 0.6) is 11.5 Å². The molecule has 1 fully saturated rings. The van der Waals surface area contributed by atoms with Gasteiger partial charge in [-0.1, -0.05) is 6.07 Å². The molecule has 1 aliphatic rings. The van der Waals surface area contributed by atoms with Crippen molar-refractivity contribution in [1.82, 2.24) is 10.6 Å². The van der Waals surface area contributed by atoms with E-state index in [9.17, 15) is 19.8 Å². The molecule has 1 amide bonds. The Hall–Kier alpha value is -2.46. The fourth-order valence-corrected chi connectivity index (χ4v) is 2.76. The standard InChI is InChI=1S/C18H24N2O7/c1-10(22)27-15-7-11(3-5-14(15)26-2)4-6-16(23)19-8-12-17(24)18(25)13(9-21)20-12/h3-7,12-13,17-18,20-21,24-25H,8-9H2,1-2H3,(H,19,23)/b6-4+/t12-,13-,17-,18-/m1/s1. The molecule has 1 saturated heterocycles. The molecule has 0 radical (unpaired) electrons. The molecule has 0 aromatic heterocycles. The third-order valence-corrected chi connectivity index (χ3v) is 4.16. The van der Waals surface area contributed by atoms with E-state index in [4.69, 9.17) is 14.6 Å². The second-order valence-corrected chi connectivity index (χ2v) is 6.13. The maximum absolute atomic E-state index is 12.0. The van der Waals surface area contributed by atoms with Crippen LogP contribution < -0.4 is 20.1 Å². The third-order valence-electron chi connectivity index (χ3n) is 4.16. The van der Waals surface area contributed by atoms with Gasteiger partial charge in [-0.3, -0.25) is 9.59 Å². The molecule has 0 aliphatic carbocycles. The number of esters is 1. The van der Waals surface area contributed by atoms with Crippen molar-refractivity contribution in [2.75, 3.05) is 20.3 Å². The van der Waals surface area contributed by atoms with Crippen LogP contribution in [0.4, 0.5) is 0 Å². The summed E-state index contributed by atoms with van der Waals surface area (Å²) >= 11 is 0. The average molecular weight is 380 g/mol. The van der Waals surface area contributed by atoms with Crippen molar-refractivity contribution in [2.24, 2.45) is 0 Å². The molecular weight excluding hydrogens is 356 g/mol. The zero-order valence-corrected chi connectivity index (χ0v) is 15.1. The highest BCUT2D eigenvalue weighted by Gasteiger charge is 2.40. The monoisotopic (exact) mass is 380 g/mol. The molecule has 9 heteroatoms. The highest BCUT2D eigenvalue weighted by atomic mass is 16.6. The van der Waals surface area contributed by atoms with E-state index in [1.807, 2.05) is 0 Å². The second-order valence-electron chi connectivity index (χ2n) is 6.13. The molecule has 1 aliphatic heterocycles. The van der Waals surface area contributed by atoms with Gasteiger partial charge in [-0.2, -0.15) is 0 Å². The number of methoxy groups -OCH3 is 1. The highest BCUT2D eigenvalue weighted by molar-refractivity contribution is 5.91. The number of aliphatic hydroxyl groups excluding tert-OH is 3. The maximum Gasteiger partial charge on any atom is 0.308 e. The lowest BCUT2D eigenvalue weighted by molar-refractivity contribution is -0.132. The van der Waals surface area contributed by atoms with Crippen molar-refractivity contribution in [3.8, 4) is 11.5 Å². The molecule has 5 N–H and O–H groups in total. The number of nitrogens with one attached hydrogen (secondary N) is 2. The van der Waals surface area contributed by atoms with E-state index >= 15 is 0 Å². The van der Waals surface area contributed by atoms with Crippen LogP contribution in [0.2, 0.25) is 0 Å². The third kappa shape index (κ3) is 5.51. The van der Waals surface area contributed by atoms with Gasteiger partial charge in [-0.25, -0.2) is 0 Å². The summed E-state index contributed by atoms with van der Waals surface area (Å²) in [7, 11) is 1.45. The fourth-order valence-electron chi connectivity index (χ4n) is 2.76. The molecule has 0 unspecified atom stereocenters. The predicted octanol–water partition coefficient (Wildman–Crippen LogP) is -1.20. The van der Waals surface area contributed by atoms with E-state index in [1.165, 1.54) is 26.2 Å². The van der Waals surface area contributed by atoms with Gasteiger partial charge in [-0.05, 0) is 23.8 Å². The first-order chi connectivity index (χ1) is 12.8. The molecular formula is C18H24N2O7. The Morgan fingerprint density at radius 2 is 1.93 bits per heavy atom. The summed E-state index contributed by atoms with van der Waals surface area (Å²) in [4.78, 5) is 23.1. The molecule has 9 nitrogen and oxygen atoms in total. The van der Waals surface area contributed by atoms with Crippen molar-refractivity contribution in [3.05, 3.63) is 29.8 Å². The predicted molar refractivity (Wildman–Crippen MR) is 96.2 cm³/mol. The first-order valence-corrected chi connectivity index (χ1v) is 8.41. The summed E-state index contributed by atoms with van der Waals surface area (Å²) < 4.78 is 10.2. The number of amides is 1. The lowest BCUT2D eigenvalue weighted by Crippen LogP contribution is -2.43. The van der Waals surface area contributed by atoms with Crippen LogP contribution in [0, 0.1) is 0 Å². The van der Waals surface area contributed by atoms with E-state index < -0.39 is 36.2 Å². The van der Waals surface area contributed by atoms with E-state index in [0.29, 0.717) is 11.3 Å². The summed E-state index contributed by atoms with van der Waals surface area (Å²) in [5, 5.41) is 34.2. The molecule has 148 valence electrons. The number of ether oxygens (including phenoxy) is 2. The first kappa shape index (κ1) is 20.8. The number of carbonyl (C=O) groups excluding carboxylic acids is 2. The summed E-state index contributed by atoms with van der Waals surface area (Å²) in [6, 6.07) is 3.68. The van der Waals surface area contributed by atoms with E-state index in [-0.39, 0.29) is 18.9 Å². The Balaban J connectivity index is 1.94. The van der Waals surface area contributed by atoms with Crippen LogP contribution in [0.1, 0.15) is 12.5 Å². The molecule has 1 heterocycles. The molecule has 0 bridgehead atoms. The topological polar surface area (TPSA) is 137 Å². The zero-order valence-electron chi connectivity index (χ0n) is 15.1.